The highest BCUT2D eigenvalue weighted by Gasteiger charge is 2.17. The Bertz CT molecular complexity index is 1080. The number of nitriles is 1. The van der Waals surface area contributed by atoms with E-state index in [-0.39, 0.29) is 12.5 Å². The molecule has 0 aliphatic heterocycles. The largest absolute Gasteiger partial charge is 0.452 e. The highest BCUT2D eigenvalue weighted by Crippen LogP contribution is 2.32. The van der Waals surface area contributed by atoms with Gasteiger partial charge in [0.25, 0.3) is 5.91 Å². The number of hydrogen-bond acceptors (Lipinski definition) is 5. The summed E-state index contributed by atoms with van der Waals surface area (Å²) in [6, 6.07) is 25.9. The molecule has 3 aromatic carbocycles. The number of ether oxygens (including phenoxy) is 1. The van der Waals surface area contributed by atoms with Gasteiger partial charge in [-0.3, -0.25) is 4.79 Å². The van der Waals surface area contributed by atoms with Crippen molar-refractivity contribution in [3.63, 3.8) is 0 Å². The minimum Gasteiger partial charge on any atom is -0.452 e. The summed E-state index contributed by atoms with van der Waals surface area (Å²) in [7, 11) is 1.67. The predicted molar refractivity (Wildman–Crippen MR) is 115 cm³/mol. The van der Waals surface area contributed by atoms with Crippen molar-refractivity contribution in [3.8, 4) is 6.07 Å². The Hall–Kier alpha value is -3.56. The molecule has 0 atom stereocenters. The Balaban J connectivity index is 1.64. The number of benzene rings is 3. The molecule has 0 aliphatic rings. The quantitative estimate of drug-likeness (QED) is 0.530. The molecule has 30 heavy (non-hydrogen) atoms. The molecule has 0 spiro atoms. The van der Waals surface area contributed by atoms with E-state index < -0.39 is 5.97 Å². The summed E-state index contributed by atoms with van der Waals surface area (Å²) in [4.78, 5) is 27.9. The van der Waals surface area contributed by atoms with Gasteiger partial charge in [0.1, 0.15) is 6.07 Å². The van der Waals surface area contributed by atoms with Crippen LogP contribution >= 0.6 is 11.8 Å². The predicted octanol–water partition coefficient (Wildman–Crippen LogP) is 4.52. The second kappa shape index (κ2) is 10.3. The van der Waals surface area contributed by atoms with Crippen molar-refractivity contribution in [2.75, 3.05) is 13.7 Å². The maximum atomic E-state index is 12.6. The lowest BCUT2D eigenvalue weighted by atomic mass is 10.2. The molecular formula is C24H20N2O3S. The summed E-state index contributed by atoms with van der Waals surface area (Å²) in [5.41, 5.74) is 1.88. The molecule has 0 radical (unpaired) electrons. The van der Waals surface area contributed by atoms with Crippen LogP contribution in [0.25, 0.3) is 0 Å². The standard InChI is InChI=1S/C24H20N2O3S/c1-26(16-18-9-3-2-4-10-18)23(27)17-29-24(28)20-12-6-8-14-22(20)30-21-13-7-5-11-19(21)15-25/h2-14H,16-17H2,1H3. The van der Waals surface area contributed by atoms with Crippen LogP contribution in [0.15, 0.2) is 88.7 Å². The second-order valence-corrected chi connectivity index (χ2v) is 7.60. The van der Waals surface area contributed by atoms with Crippen LogP contribution in [0.3, 0.4) is 0 Å². The average Bonchev–Trinajstić information content (AvgIpc) is 2.78. The zero-order valence-electron chi connectivity index (χ0n) is 16.4. The van der Waals surface area contributed by atoms with Crippen molar-refractivity contribution in [1.82, 2.24) is 4.90 Å². The first kappa shape index (κ1) is 21.2. The summed E-state index contributed by atoms with van der Waals surface area (Å²) in [5.74, 6) is -0.860. The molecule has 3 rings (SSSR count). The molecule has 0 saturated carbocycles. The van der Waals surface area contributed by atoms with E-state index in [1.54, 1.807) is 37.4 Å². The van der Waals surface area contributed by atoms with Gasteiger partial charge in [0, 0.05) is 23.4 Å². The Kier molecular flexibility index (Phi) is 7.25. The highest BCUT2D eigenvalue weighted by molar-refractivity contribution is 7.99. The maximum Gasteiger partial charge on any atom is 0.339 e. The molecule has 0 heterocycles. The van der Waals surface area contributed by atoms with E-state index in [2.05, 4.69) is 6.07 Å². The van der Waals surface area contributed by atoms with Gasteiger partial charge in [-0.25, -0.2) is 4.79 Å². The van der Waals surface area contributed by atoms with Crippen LogP contribution in [0.2, 0.25) is 0 Å². The Labute approximate surface area is 179 Å². The molecule has 1 amide bonds. The van der Waals surface area contributed by atoms with E-state index in [9.17, 15) is 14.9 Å². The topological polar surface area (TPSA) is 70.4 Å². The third kappa shape index (κ3) is 5.49. The van der Waals surface area contributed by atoms with E-state index in [1.807, 2.05) is 48.5 Å². The van der Waals surface area contributed by atoms with Gasteiger partial charge in [-0.2, -0.15) is 5.26 Å². The van der Waals surface area contributed by atoms with Gasteiger partial charge in [-0.05, 0) is 29.8 Å². The minimum atomic E-state index is -0.575. The Morgan fingerprint density at radius 3 is 2.30 bits per heavy atom. The zero-order valence-corrected chi connectivity index (χ0v) is 17.3. The Morgan fingerprint density at radius 1 is 0.933 bits per heavy atom. The van der Waals surface area contributed by atoms with Crippen LogP contribution in [0.1, 0.15) is 21.5 Å². The summed E-state index contributed by atoms with van der Waals surface area (Å²) < 4.78 is 5.28. The first-order valence-corrected chi connectivity index (χ1v) is 10.1. The number of nitrogens with zero attached hydrogens (tertiary/aromatic N) is 2. The van der Waals surface area contributed by atoms with Crippen LogP contribution in [-0.2, 0) is 16.1 Å². The van der Waals surface area contributed by atoms with E-state index in [0.29, 0.717) is 22.6 Å². The average molecular weight is 417 g/mol. The lowest BCUT2D eigenvalue weighted by Gasteiger charge is -2.17. The molecule has 3 aromatic rings. The normalized spacial score (nSPS) is 10.1. The fourth-order valence-corrected chi connectivity index (χ4v) is 3.77. The van der Waals surface area contributed by atoms with Gasteiger partial charge in [0.05, 0.1) is 11.1 Å². The number of carbonyl (C=O) groups excluding carboxylic acids is 2. The number of carbonyl (C=O) groups is 2. The lowest BCUT2D eigenvalue weighted by Crippen LogP contribution is -2.30. The number of hydrogen-bond donors (Lipinski definition) is 0. The van der Waals surface area contributed by atoms with Gasteiger partial charge in [0.2, 0.25) is 0 Å². The van der Waals surface area contributed by atoms with E-state index in [1.165, 1.54) is 16.7 Å². The SMILES string of the molecule is CN(Cc1ccccc1)C(=O)COC(=O)c1ccccc1Sc1ccccc1C#N. The monoisotopic (exact) mass is 416 g/mol. The molecule has 0 aliphatic carbocycles. The molecular weight excluding hydrogens is 396 g/mol. The van der Waals surface area contributed by atoms with Crippen LogP contribution < -0.4 is 0 Å². The van der Waals surface area contributed by atoms with Crippen LogP contribution in [0.4, 0.5) is 0 Å². The van der Waals surface area contributed by atoms with E-state index in [0.717, 1.165) is 10.5 Å². The lowest BCUT2D eigenvalue weighted by molar-refractivity contribution is -0.133. The van der Waals surface area contributed by atoms with Gasteiger partial charge in [-0.15, -0.1) is 0 Å². The molecule has 6 heteroatoms. The number of likely N-dealkylation sites (N-methyl/N-ethyl adjacent to an activating group) is 1. The molecule has 5 nitrogen and oxygen atoms in total. The molecule has 0 saturated heterocycles. The second-order valence-electron chi connectivity index (χ2n) is 6.52. The number of amides is 1. The van der Waals surface area contributed by atoms with Crippen molar-refractivity contribution in [1.29, 1.82) is 5.26 Å². The van der Waals surface area contributed by atoms with Gasteiger partial charge in [-0.1, -0.05) is 66.4 Å². The Morgan fingerprint density at radius 2 is 1.57 bits per heavy atom. The molecule has 150 valence electrons. The van der Waals surface area contributed by atoms with Crippen molar-refractivity contribution < 1.29 is 14.3 Å². The maximum absolute atomic E-state index is 12.6. The molecule has 0 aromatic heterocycles. The highest BCUT2D eigenvalue weighted by atomic mass is 32.2. The summed E-state index contributed by atoms with van der Waals surface area (Å²) in [6.07, 6.45) is 0. The molecule has 0 bridgehead atoms. The zero-order chi connectivity index (χ0) is 21.3. The summed E-state index contributed by atoms with van der Waals surface area (Å²) in [5, 5.41) is 9.28. The first-order valence-electron chi connectivity index (χ1n) is 9.29. The van der Waals surface area contributed by atoms with Crippen LogP contribution in [-0.4, -0.2) is 30.4 Å². The fourth-order valence-electron chi connectivity index (χ4n) is 2.75. The van der Waals surface area contributed by atoms with Crippen molar-refractivity contribution in [3.05, 3.63) is 95.6 Å². The summed E-state index contributed by atoms with van der Waals surface area (Å²) in [6.45, 7) is 0.102. The molecule has 0 fully saturated rings. The first-order chi connectivity index (χ1) is 14.6. The smallest absolute Gasteiger partial charge is 0.339 e. The van der Waals surface area contributed by atoms with Crippen LogP contribution in [0.5, 0.6) is 0 Å². The summed E-state index contributed by atoms with van der Waals surface area (Å²) >= 11 is 1.32. The van der Waals surface area contributed by atoms with Gasteiger partial charge < -0.3 is 9.64 Å². The van der Waals surface area contributed by atoms with Gasteiger partial charge >= 0.3 is 5.97 Å². The third-order valence-electron chi connectivity index (χ3n) is 4.35. The third-order valence-corrected chi connectivity index (χ3v) is 5.50. The minimum absolute atomic E-state index is 0.285. The molecule has 0 unspecified atom stereocenters. The number of esters is 1. The van der Waals surface area contributed by atoms with E-state index >= 15 is 0 Å². The van der Waals surface area contributed by atoms with Crippen LogP contribution in [0, 0.1) is 11.3 Å². The van der Waals surface area contributed by atoms with Gasteiger partial charge in [0.15, 0.2) is 6.61 Å². The van der Waals surface area contributed by atoms with E-state index in [4.69, 9.17) is 4.74 Å². The molecule has 0 N–H and O–H groups in total. The van der Waals surface area contributed by atoms with Crippen molar-refractivity contribution >= 4 is 23.6 Å². The number of rotatable bonds is 7. The van der Waals surface area contributed by atoms with Crippen molar-refractivity contribution in [2.24, 2.45) is 0 Å². The fraction of sp³-hybridized carbons (Fsp3) is 0.125. The van der Waals surface area contributed by atoms with Crippen molar-refractivity contribution in [2.45, 2.75) is 16.3 Å².